The maximum Gasteiger partial charge on any atom is 0.410 e. The van der Waals surface area contributed by atoms with Crippen LogP contribution < -0.4 is 10.2 Å². The van der Waals surface area contributed by atoms with Crippen molar-refractivity contribution < 1.29 is 19.1 Å². The maximum absolute atomic E-state index is 12.2. The van der Waals surface area contributed by atoms with Crippen LogP contribution in [0.25, 0.3) is 0 Å². The number of likely N-dealkylation sites (tertiary alicyclic amines) is 1. The molecule has 8 heteroatoms. The highest BCUT2D eigenvalue weighted by Gasteiger charge is 2.29. The van der Waals surface area contributed by atoms with Gasteiger partial charge in [0.1, 0.15) is 5.60 Å². The molecule has 1 aromatic rings. The van der Waals surface area contributed by atoms with E-state index in [1.165, 1.54) is 18.5 Å². The fourth-order valence-corrected chi connectivity index (χ4v) is 5.49. The molecule has 0 aliphatic carbocycles. The summed E-state index contributed by atoms with van der Waals surface area (Å²) in [6.07, 6.45) is 5.40. The molecular weight excluding hydrogens is 456 g/mol. The smallest absolute Gasteiger partial charge is 0.410 e. The first kappa shape index (κ1) is 26.5. The van der Waals surface area contributed by atoms with Gasteiger partial charge in [-0.3, -0.25) is 19.8 Å². The Balaban J connectivity index is 1.13. The number of imide groups is 1. The van der Waals surface area contributed by atoms with E-state index in [4.69, 9.17) is 4.74 Å². The average Bonchev–Trinajstić information content (AvgIpc) is 2.84. The van der Waals surface area contributed by atoms with Crippen molar-refractivity contribution in [3.05, 3.63) is 29.8 Å². The molecule has 4 rings (SSSR count). The van der Waals surface area contributed by atoms with Crippen molar-refractivity contribution in [2.45, 2.75) is 70.8 Å². The molecular formula is C28H42N4O4. The number of hydrogen-bond donors (Lipinski definition) is 1. The van der Waals surface area contributed by atoms with Crippen LogP contribution in [0, 0.1) is 5.92 Å². The number of amides is 3. The molecule has 0 aromatic heterocycles. The van der Waals surface area contributed by atoms with Crippen LogP contribution in [0.2, 0.25) is 0 Å². The van der Waals surface area contributed by atoms with E-state index in [-0.39, 0.29) is 23.8 Å². The Kier molecular flexibility index (Phi) is 8.54. The van der Waals surface area contributed by atoms with Crippen LogP contribution in [0.5, 0.6) is 0 Å². The number of benzene rings is 1. The second kappa shape index (κ2) is 11.6. The summed E-state index contributed by atoms with van der Waals surface area (Å²) in [5, 5.41) is 2.45. The number of piperidine rings is 2. The first-order chi connectivity index (χ1) is 17.2. The number of rotatable bonds is 6. The van der Waals surface area contributed by atoms with Crippen molar-refractivity contribution >= 4 is 23.6 Å². The maximum atomic E-state index is 12.2. The second-order valence-electron chi connectivity index (χ2n) is 11.5. The van der Waals surface area contributed by atoms with E-state index in [2.05, 4.69) is 27.2 Å². The number of nitrogens with zero attached hydrogens (tertiary/aromatic N) is 3. The molecule has 3 amide bonds. The number of hydrogen-bond acceptors (Lipinski definition) is 6. The lowest BCUT2D eigenvalue weighted by atomic mass is 9.90. The summed E-state index contributed by atoms with van der Waals surface area (Å²) in [5.41, 5.74) is 1.75. The first-order valence-electron chi connectivity index (χ1n) is 13.6. The number of piperazine rings is 1. The summed E-state index contributed by atoms with van der Waals surface area (Å²) in [6.45, 7) is 12.6. The second-order valence-corrected chi connectivity index (χ2v) is 11.5. The van der Waals surface area contributed by atoms with E-state index in [0.29, 0.717) is 18.8 Å². The molecule has 0 saturated carbocycles. The van der Waals surface area contributed by atoms with E-state index in [1.807, 2.05) is 37.8 Å². The van der Waals surface area contributed by atoms with E-state index in [1.54, 1.807) is 0 Å². The summed E-state index contributed by atoms with van der Waals surface area (Å²) >= 11 is 0. The van der Waals surface area contributed by atoms with Gasteiger partial charge in [0.05, 0.1) is 5.92 Å². The summed E-state index contributed by atoms with van der Waals surface area (Å²) < 4.78 is 5.50. The molecule has 3 aliphatic rings. The van der Waals surface area contributed by atoms with Gasteiger partial charge in [-0.05, 0) is 83.0 Å². The van der Waals surface area contributed by atoms with Crippen LogP contribution >= 0.6 is 0 Å². The molecule has 198 valence electrons. The van der Waals surface area contributed by atoms with Gasteiger partial charge >= 0.3 is 6.09 Å². The molecule has 0 bridgehead atoms. The Bertz CT molecular complexity index is 910. The lowest BCUT2D eigenvalue weighted by Crippen LogP contribution is -2.46. The van der Waals surface area contributed by atoms with Crippen LogP contribution in [0.15, 0.2) is 24.3 Å². The molecule has 1 N–H and O–H groups in total. The van der Waals surface area contributed by atoms with Gasteiger partial charge in [-0.25, -0.2) is 4.79 Å². The van der Waals surface area contributed by atoms with Gasteiger partial charge in [0, 0.05) is 51.4 Å². The zero-order valence-electron chi connectivity index (χ0n) is 22.1. The predicted octanol–water partition coefficient (Wildman–Crippen LogP) is 3.76. The molecule has 3 fully saturated rings. The zero-order chi connectivity index (χ0) is 25.7. The van der Waals surface area contributed by atoms with Gasteiger partial charge in [-0.1, -0.05) is 12.1 Å². The van der Waals surface area contributed by atoms with Gasteiger partial charge in [-0.2, -0.15) is 0 Å². The number of ether oxygens (including phenoxy) is 1. The minimum Gasteiger partial charge on any atom is -0.444 e. The largest absolute Gasteiger partial charge is 0.444 e. The van der Waals surface area contributed by atoms with Crippen molar-refractivity contribution in [2.24, 2.45) is 5.92 Å². The Morgan fingerprint density at radius 3 is 2.25 bits per heavy atom. The van der Waals surface area contributed by atoms with Crippen LogP contribution in [0.4, 0.5) is 10.5 Å². The summed E-state index contributed by atoms with van der Waals surface area (Å²) in [6, 6.07) is 8.29. The monoisotopic (exact) mass is 498 g/mol. The van der Waals surface area contributed by atoms with Crippen LogP contribution in [0.3, 0.4) is 0 Å². The molecule has 1 aromatic carbocycles. The Morgan fingerprint density at radius 2 is 1.64 bits per heavy atom. The number of carbonyl (C=O) groups is 3. The predicted molar refractivity (Wildman–Crippen MR) is 140 cm³/mol. The van der Waals surface area contributed by atoms with Crippen molar-refractivity contribution in [1.82, 2.24) is 15.1 Å². The van der Waals surface area contributed by atoms with Gasteiger partial charge in [0.15, 0.2) is 0 Å². The summed E-state index contributed by atoms with van der Waals surface area (Å²) in [5.74, 6) is 0.126. The van der Waals surface area contributed by atoms with Crippen molar-refractivity contribution in [3.8, 4) is 0 Å². The first-order valence-corrected chi connectivity index (χ1v) is 13.6. The van der Waals surface area contributed by atoms with E-state index in [9.17, 15) is 14.4 Å². The molecule has 3 saturated heterocycles. The molecule has 8 nitrogen and oxygen atoms in total. The van der Waals surface area contributed by atoms with Gasteiger partial charge in [0.2, 0.25) is 11.8 Å². The highest BCUT2D eigenvalue weighted by molar-refractivity contribution is 6.00. The molecule has 1 unspecified atom stereocenters. The number of anilines is 1. The van der Waals surface area contributed by atoms with Crippen LogP contribution in [0.1, 0.15) is 70.8 Å². The van der Waals surface area contributed by atoms with Gasteiger partial charge in [-0.15, -0.1) is 0 Å². The lowest BCUT2D eigenvalue weighted by molar-refractivity contribution is -0.134. The molecule has 1 atom stereocenters. The van der Waals surface area contributed by atoms with E-state index >= 15 is 0 Å². The normalized spacial score (nSPS) is 22.5. The third-order valence-corrected chi connectivity index (χ3v) is 7.63. The SMILES string of the molecule is CC(C)(C)OC(=O)N1CCC(CCCN2CCN(c3ccc(C4CCC(=O)NC4=O)cc3)CC2)CC1. The van der Waals surface area contributed by atoms with Crippen LogP contribution in [-0.2, 0) is 14.3 Å². The molecule has 0 spiro atoms. The Labute approximate surface area is 215 Å². The van der Waals surface area contributed by atoms with E-state index < -0.39 is 5.60 Å². The van der Waals surface area contributed by atoms with Crippen molar-refractivity contribution in [2.75, 3.05) is 50.7 Å². The fraction of sp³-hybridized carbons (Fsp3) is 0.679. The van der Waals surface area contributed by atoms with E-state index in [0.717, 1.165) is 64.2 Å². The van der Waals surface area contributed by atoms with Gasteiger partial charge < -0.3 is 14.5 Å². The topological polar surface area (TPSA) is 82.2 Å². The standard InChI is InChI=1S/C28H42N4O4/c1-28(2,3)36-27(35)32-15-12-21(13-16-32)5-4-14-30-17-19-31(20-18-30)23-8-6-22(7-9-23)24-10-11-25(33)29-26(24)34/h6-9,21,24H,4-5,10-20H2,1-3H3,(H,29,33,34). The van der Waals surface area contributed by atoms with Crippen molar-refractivity contribution in [3.63, 3.8) is 0 Å². The average molecular weight is 499 g/mol. The third-order valence-electron chi connectivity index (χ3n) is 7.63. The van der Waals surface area contributed by atoms with Crippen molar-refractivity contribution in [1.29, 1.82) is 0 Å². The highest BCUT2D eigenvalue weighted by atomic mass is 16.6. The third kappa shape index (κ3) is 7.21. The van der Waals surface area contributed by atoms with Gasteiger partial charge in [0.25, 0.3) is 0 Å². The minimum atomic E-state index is -0.433. The summed E-state index contributed by atoms with van der Waals surface area (Å²) in [7, 11) is 0. The molecule has 3 aliphatic heterocycles. The molecule has 0 radical (unpaired) electrons. The quantitative estimate of drug-likeness (QED) is 0.602. The Hall–Kier alpha value is -2.61. The number of carbonyl (C=O) groups excluding carboxylic acids is 3. The Morgan fingerprint density at radius 1 is 0.972 bits per heavy atom. The lowest BCUT2D eigenvalue weighted by Gasteiger charge is -2.37. The zero-order valence-corrected chi connectivity index (χ0v) is 22.1. The number of nitrogens with one attached hydrogen (secondary N) is 1. The molecule has 3 heterocycles. The fourth-order valence-electron chi connectivity index (χ4n) is 5.49. The highest BCUT2D eigenvalue weighted by Crippen LogP contribution is 2.28. The summed E-state index contributed by atoms with van der Waals surface area (Å²) in [4.78, 5) is 42.6. The minimum absolute atomic E-state index is 0.172. The van der Waals surface area contributed by atoms with Crippen LogP contribution in [-0.4, -0.2) is 79.1 Å². The molecule has 36 heavy (non-hydrogen) atoms.